The number of aliphatic imine (C=N–C) groups is 1. The Bertz CT molecular complexity index is 2930. The summed E-state index contributed by atoms with van der Waals surface area (Å²) >= 11 is 0. The minimum Gasteiger partial charge on any atom is -0.453 e. The van der Waals surface area contributed by atoms with Crippen molar-refractivity contribution in [1.82, 2.24) is 30.4 Å². The number of hydrogen-bond acceptors (Lipinski definition) is 9. The summed E-state index contributed by atoms with van der Waals surface area (Å²) < 4.78 is 15.5. The van der Waals surface area contributed by atoms with Gasteiger partial charge in [0, 0.05) is 43.3 Å². The average Bonchev–Trinajstić information content (AvgIpc) is 4.23. The van der Waals surface area contributed by atoms with E-state index in [1.54, 1.807) is 0 Å². The number of H-pyrrole nitrogens is 1. The molecule has 6 aromatic rings. The van der Waals surface area contributed by atoms with Gasteiger partial charge in [-0.1, -0.05) is 66.7 Å². The van der Waals surface area contributed by atoms with Crippen LogP contribution < -0.4 is 10.6 Å². The highest BCUT2D eigenvalue weighted by molar-refractivity contribution is 6.08. The number of amides is 4. The number of rotatable bonds is 9. The molecule has 5 heterocycles. The topological polar surface area (TPSA) is 168 Å². The molecule has 1 aromatic heterocycles. The molecule has 3 saturated heterocycles. The molecule has 338 valence electrons. The van der Waals surface area contributed by atoms with Crippen LogP contribution in [0.15, 0.2) is 96.0 Å². The van der Waals surface area contributed by atoms with Crippen molar-refractivity contribution < 1.29 is 33.4 Å². The van der Waals surface area contributed by atoms with E-state index >= 15 is 0 Å². The Morgan fingerprint density at radius 3 is 2.29 bits per heavy atom. The van der Waals surface area contributed by atoms with Crippen LogP contribution in [0, 0.1) is 11.8 Å². The first-order valence-corrected chi connectivity index (χ1v) is 23.3. The van der Waals surface area contributed by atoms with E-state index in [-0.39, 0.29) is 41.8 Å². The van der Waals surface area contributed by atoms with E-state index in [1.807, 2.05) is 40.1 Å². The second kappa shape index (κ2) is 17.2. The highest BCUT2D eigenvalue weighted by Crippen LogP contribution is 2.51. The number of aromatic amines is 1. The van der Waals surface area contributed by atoms with Gasteiger partial charge in [0.05, 0.1) is 43.0 Å². The van der Waals surface area contributed by atoms with Crippen molar-refractivity contribution in [3.05, 3.63) is 108 Å². The summed E-state index contributed by atoms with van der Waals surface area (Å²) in [6, 6.07) is 29.0. The molecule has 66 heavy (non-hydrogen) atoms. The van der Waals surface area contributed by atoms with Gasteiger partial charge in [-0.3, -0.25) is 14.6 Å². The second-order valence-electron chi connectivity index (χ2n) is 18.4. The van der Waals surface area contributed by atoms with Crippen LogP contribution in [-0.4, -0.2) is 102 Å². The molecule has 0 unspecified atom stereocenters. The quantitative estimate of drug-likeness (QED) is 0.130. The van der Waals surface area contributed by atoms with Crippen LogP contribution in [-0.2, 0) is 30.2 Å². The van der Waals surface area contributed by atoms with Crippen molar-refractivity contribution in [3.8, 4) is 11.1 Å². The third-order valence-electron chi connectivity index (χ3n) is 14.9. The second-order valence-corrected chi connectivity index (χ2v) is 18.4. The van der Waals surface area contributed by atoms with Gasteiger partial charge in [0.25, 0.3) is 0 Å². The summed E-state index contributed by atoms with van der Waals surface area (Å²) in [6.07, 6.45) is 5.35. The van der Waals surface area contributed by atoms with Gasteiger partial charge in [0.2, 0.25) is 11.8 Å². The molecule has 6 atom stereocenters. The van der Waals surface area contributed by atoms with Crippen LogP contribution in [0.2, 0.25) is 0 Å². The Labute approximate surface area is 382 Å². The highest BCUT2D eigenvalue weighted by Gasteiger charge is 2.52. The summed E-state index contributed by atoms with van der Waals surface area (Å²) in [4.78, 5) is 71.5. The Morgan fingerprint density at radius 2 is 1.52 bits per heavy atom. The van der Waals surface area contributed by atoms with Crippen LogP contribution in [0.4, 0.5) is 15.3 Å². The Hall–Kier alpha value is -6.80. The first kappa shape index (κ1) is 41.9. The van der Waals surface area contributed by atoms with E-state index in [9.17, 15) is 19.2 Å². The molecule has 0 spiro atoms. The number of piperidine rings is 1. The first-order valence-electron chi connectivity index (χ1n) is 23.3. The predicted octanol–water partition coefficient (Wildman–Crippen LogP) is 8.46. The van der Waals surface area contributed by atoms with Gasteiger partial charge in [-0.15, -0.1) is 0 Å². The van der Waals surface area contributed by atoms with Gasteiger partial charge in [-0.25, -0.2) is 14.6 Å². The summed E-state index contributed by atoms with van der Waals surface area (Å²) in [5.74, 6) is 0.809. The van der Waals surface area contributed by atoms with Crippen LogP contribution in [0.25, 0.3) is 43.7 Å². The fraction of sp³-hybridized carbons (Fsp3) is 0.385. The van der Waals surface area contributed by atoms with Crippen LogP contribution in [0.1, 0.15) is 74.0 Å². The molecule has 14 heteroatoms. The van der Waals surface area contributed by atoms with Gasteiger partial charge in [0.1, 0.15) is 17.9 Å². The third kappa shape index (κ3) is 7.40. The normalized spacial score (nSPS) is 22.4. The number of hydrogen-bond donors (Lipinski definition) is 3. The van der Waals surface area contributed by atoms with Crippen LogP contribution >= 0.6 is 0 Å². The van der Waals surface area contributed by atoms with Gasteiger partial charge < -0.3 is 39.6 Å². The number of methoxy groups -OCH3 is 2. The molecule has 4 aliphatic heterocycles. The molecule has 2 bridgehead atoms. The number of likely N-dealkylation sites (tertiary alicyclic amines) is 2. The van der Waals surface area contributed by atoms with E-state index in [2.05, 4.69) is 76.3 Å². The molecule has 5 aromatic carbocycles. The predicted molar refractivity (Wildman–Crippen MR) is 250 cm³/mol. The minimum atomic E-state index is -0.865. The van der Waals surface area contributed by atoms with Gasteiger partial charge in [-0.05, 0) is 119 Å². The van der Waals surface area contributed by atoms with Crippen molar-refractivity contribution in [2.45, 2.75) is 81.6 Å². The monoisotopic (exact) mass is 887 g/mol. The number of imidazole rings is 1. The maximum atomic E-state index is 14.5. The van der Waals surface area contributed by atoms with Crippen molar-refractivity contribution >= 4 is 68.0 Å². The Morgan fingerprint density at radius 1 is 0.788 bits per heavy atom. The van der Waals surface area contributed by atoms with Crippen LogP contribution in [0.5, 0.6) is 0 Å². The van der Waals surface area contributed by atoms with Gasteiger partial charge in [0.15, 0.2) is 0 Å². The summed E-state index contributed by atoms with van der Waals surface area (Å²) in [5.41, 5.74) is 7.74. The van der Waals surface area contributed by atoms with Crippen molar-refractivity contribution in [2.75, 3.05) is 34.0 Å². The fourth-order valence-electron chi connectivity index (χ4n) is 11.6. The van der Waals surface area contributed by atoms with Crippen molar-refractivity contribution in [3.63, 3.8) is 0 Å². The Kier molecular flexibility index (Phi) is 10.9. The number of nitrogens with zero attached hydrogens (tertiary/aromatic N) is 4. The molecular formula is C52H53N7O7. The highest BCUT2D eigenvalue weighted by atomic mass is 16.5. The molecule has 14 nitrogen and oxygen atoms in total. The number of benzene rings is 5. The number of carbonyl (C=O) groups excluding carboxylic acids is 4. The lowest BCUT2D eigenvalue weighted by Crippen LogP contribution is -2.55. The minimum absolute atomic E-state index is 0.0325. The van der Waals surface area contributed by atoms with Gasteiger partial charge in [-0.2, -0.15) is 0 Å². The number of aromatic nitrogens is 2. The molecular weight excluding hydrogens is 835 g/mol. The zero-order valence-corrected chi connectivity index (χ0v) is 37.1. The number of carbonyl (C=O) groups is 4. The molecule has 3 N–H and O–H groups in total. The molecule has 11 rings (SSSR count). The lowest BCUT2D eigenvalue weighted by molar-refractivity contribution is -0.140. The lowest BCUT2D eigenvalue weighted by atomic mass is 9.89. The summed E-state index contributed by atoms with van der Waals surface area (Å²) in [7, 11) is 2.63. The summed E-state index contributed by atoms with van der Waals surface area (Å²) in [6.45, 7) is 1.71. The largest absolute Gasteiger partial charge is 0.453 e. The zero-order valence-electron chi connectivity index (χ0n) is 37.1. The molecule has 0 radical (unpaired) electrons. The smallest absolute Gasteiger partial charge is 0.407 e. The van der Waals surface area contributed by atoms with Crippen molar-refractivity contribution in [1.29, 1.82) is 0 Å². The maximum Gasteiger partial charge on any atom is 0.407 e. The van der Waals surface area contributed by atoms with Crippen LogP contribution in [0.3, 0.4) is 0 Å². The van der Waals surface area contributed by atoms with E-state index < -0.39 is 24.3 Å². The average molecular weight is 888 g/mol. The zero-order chi connectivity index (χ0) is 45.1. The van der Waals surface area contributed by atoms with E-state index in [1.165, 1.54) is 14.2 Å². The first-order chi connectivity index (χ1) is 32.3. The van der Waals surface area contributed by atoms with Gasteiger partial charge >= 0.3 is 12.2 Å². The molecule has 4 fully saturated rings. The molecule has 1 saturated carbocycles. The number of ether oxygens (including phenoxy) is 3. The third-order valence-corrected chi connectivity index (χ3v) is 14.9. The molecule has 4 amide bonds. The standard InChI is InChI=1S/C52H53N7O7/c1-64-51(62)56-44(29-7-4-3-5-8-29)49(60)58-22-6-9-43(58)42-28-39-37-16-11-31(25-33(37)13-18-40(39)53-42)32-12-17-38-34(26-32)14-19-41-46(38)55-48(54-41)47-35-10-15-36(27-35)59(47)50(61)45(57-52(63)65-2)30-20-23-66-24-21-30/h3-5,7-8,11-14,16-19,25-26,30,35-36,43-45,47H,6,9-10,15,20-24,27-28H2,1-2H3,(H,54,55)(H,56,62)(H,57,63)/t35-,36+,43-,44+,45-,47-/m0/s1. The van der Waals surface area contributed by atoms with E-state index in [0.29, 0.717) is 44.6 Å². The Balaban J connectivity index is 0.835. The molecule has 5 aliphatic rings. The molecule has 1 aliphatic carbocycles. The van der Waals surface area contributed by atoms with E-state index in [4.69, 9.17) is 24.2 Å². The number of nitrogens with one attached hydrogen (secondary N) is 3. The summed E-state index contributed by atoms with van der Waals surface area (Å²) in [5, 5.41) is 10.0. The number of fused-ring (bicyclic) bond motifs is 8. The van der Waals surface area contributed by atoms with E-state index in [0.717, 1.165) is 98.6 Å². The fourth-order valence-corrected chi connectivity index (χ4v) is 11.6. The van der Waals surface area contributed by atoms with Crippen molar-refractivity contribution in [2.24, 2.45) is 16.8 Å². The SMILES string of the molecule is COC(=O)N[C@H](C(=O)N1[C@@H]2CC[C@@H](C2)[C@H]1c1nc2c(ccc3cc(-c4ccc5c6c(ccc5c4)N=C([C@@H]4CCCN4C(=O)[C@H](NC(=O)OC)c4ccccc4)C6)ccc32)[nH]1)C1CCOCC1. The maximum absolute atomic E-state index is 14.5. The lowest BCUT2D eigenvalue weighted by Gasteiger charge is -2.39. The number of alkyl carbamates (subject to hydrolysis) is 2.